The predicted octanol–water partition coefficient (Wildman–Crippen LogP) is 1.39. The number of hydrogen-bond acceptors (Lipinski definition) is 4. The zero-order valence-corrected chi connectivity index (χ0v) is 10.7. The van der Waals surface area contributed by atoms with Gasteiger partial charge in [-0.1, -0.05) is 5.21 Å². The summed E-state index contributed by atoms with van der Waals surface area (Å²) in [6.07, 6.45) is 1.62. The zero-order chi connectivity index (χ0) is 13.8. The highest BCUT2D eigenvalue weighted by Crippen LogP contribution is 2.24. The second-order valence-corrected chi connectivity index (χ2v) is 4.09. The van der Waals surface area contributed by atoms with E-state index in [1.165, 1.54) is 16.8 Å². The van der Waals surface area contributed by atoms with Crippen LogP contribution in [0.1, 0.15) is 11.3 Å². The summed E-state index contributed by atoms with van der Waals surface area (Å²) < 4.78 is 34.0. The van der Waals surface area contributed by atoms with Gasteiger partial charge in [-0.15, -0.1) is 5.10 Å². The third-order valence-electron chi connectivity index (χ3n) is 2.45. The SMILES string of the molecule is CNCc1cc(F)c(OCc2cn(C)nn2)c(F)c1. The summed E-state index contributed by atoms with van der Waals surface area (Å²) in [6, 6.07) is 2.48. The molecule has 0 saturated heterocycles. The number of ether oxygens (including phenoxy) is 1. The number of nitrogens with one attached hydrogen (secondary N) is 1. The van der Waals surface area contributed by atoms with Crippen LogP contribution in [0.4, 0.5) is 8.78 Å². The number of nitrogens with zero attached hydrogens (tertiary/aromatic N) is 3. The van der Waals surface area contributed by atoms with Gasteiger partial charge in [-0.05, 0) is 24.7 Å². The summed E-state index contributed by atoms with van der Waals surface area (Å²) in [5.41, 5.74) is 1.02. The van der Waals surface area contributed by atoms with Crippen molar-refractivity contribution in [2.24, 2.45) is 7.05 Å². The lowest BCUT2D eigenvalue weighted by Crippen LogP contribution is -2.07. The first-order valence-electron chi connectivity index (χ1n) is 5.70. The Morgan fingerprint density at radius 3 is 2.53 bits per heavy atom. The Bertz CT molecular complexity index is 548. The fourth-order valence-corrected chi connectivity index (χ4v) is 1.66. The summed E-state index contributed by atoms with van der Waals surface area (Å²) in [5, 5.41) is 10.3. The summed E-state index contributed by atoms with van der Waals surface area (Å²) in [4.78, 5) is 0. The van der Waals surface area contributed by atoms with Crippen LogP contribution < -0.4 is 10.1 Å². The number of halogens is 2. The molecular weight excluding hydrogens is 254 g/mol. The summed E-state index contributed by atoms with van der Waals surface area (Å²) in [6.45, 7) is 0.353. The van der Waals surface area contributed by atoms with Gasteiger partial charge in [0.2, 0.25) is 0 Å². The van der Waals surface area contributed by atoms with Crippen LogP contribution in [0.15, 0.2) is 18.3 Å². The maximum absolute atomic E-state index is 13.7. The Morgan fingerprint density at radius 2 is 2.00 bits per heavy atom. The number of hydrogen-bond donors (Lipinski definition) is 1. The highest BCUT2D eigenvalue weighted by atomic mass is 19.1. The molecule has 0 fully saturated rings. The van der Waals surface area contributed by atoms with Crippen molar-refractivity contribution in [3.63, 3.8) is 0 Å². The van der Waals surface area contributed by atoms with Crippen molar-refractivity contribution < 1.29 is 13.5 Å². The van der Waals surface area contributed by atoms with Gasteiger partial charge in [0.05, 0.1) is 6.20 Å². The lowest BCUT2D eigenvalue weighted by molar-refractivity contribution is 0.269. The van der Waals surface area contributed by atoms with E-state index >= 15 is 0 Å². The van der Waals surface area contributed by atoms with Gasteiger partial charge in [0.15, 0.2) is 17.4 Å². The molecule has 2 rings (SSSR count). The second-order valence-electron chi connectivity index (χ2n) is 4.09. The Hall–Kier alpha value is -2.02. The fourth-order valence-electron chi connectivity index (χ4n) is 1.66. The van der Waals surface area contributed by atoms with E-state index in [1.807, 2.05) is 0 Å². The first kappa shape index (κ1) is 13.4. The lowest BCUT2D eigenvalue weighted by Gasteiger charge is -2.08. The Morgan fingerprint density at radius 1 is 1.32 bits per heavy atom. The molecule has 0 aliphatic heterocycles. The molecule has 0 radical (unpaired) electrons. The van der Waals surface area contributed by atoms with Gasteiger partial charge in [-0.3, -0.25) is 4.68 Å². The maximum atomic E-state index is 13.7. The molecule has 1 aromatic carbocycles. The molecule has 1 heterocycles. The molecule has 7 heteroatoms. The first-order valence-corrected chi connectivity index (χ1v) is 5.70. The van der Waals surface area contributed by atoms with Crippen LogP contribution in [0.3, 0.4) is 0 Å². The Balaban J connectivity index is 2.11. The van der Waals surface area contributed by atoms with Crippen molar-refractivity contribution in [1.29, 1.82) is 0 Å². The smallest absolute Gasteiger partial charge is 0.191 e. The van der Waals surface area contributed by atoms with Crippen LogP contribution in [0, 0.1) is 11.6 Å². The monoisotopic (exact) mass is 268 g/mol. The highest BCUT2D eigenvalue weighted by Gasteiger charge is 2.13. The van der Waals surface area contributed by atoms with Crippen molar-refractivity contribution >= 4 is 0 Å². The van der Waals surface area contributed by atoms with E-state index < -0.39 is 17.4 Å². The van der Waals surface area contributed by atoms with Crippen LogP contribution in [0.5, 0.6) is 5.75 Å². The normalized spacial score (nSPS) is 10.7. The van der Waals surface area contributed by atoms with Crippen molar-refractivity contribution in [2.45, 2.75) is 13.2 Å². The molecule has 0 atom stereocenters. The van der Waals surface area contributed by atoms with Crippen molar-refractivity contribution in [2.75, 3.05) is 7.05 Å². The van der Waals surface area contributed by atoms with Gasteiger partial charge in [-0.25, -0.2) is 8.78 Å². The quantitative estimate of drug-likeness (QED) is 0.890. The van der Waals surface area contributed by atoms with E-state index in [-0.39, 0.29) is 6.61 Å². The minimum atomic E-state index is -0.728. The molecule has 0 unspecified atom stereocenters. The molecule has 1 N–H and O–H groups in total. The molecule has 0 amide bonds. The number of aryl methyl sites for hydroxylation is 1. The minimum absolute atomic E-state index is 0.0347. The van der Waals surface area contributed by atoms with Crippen LogP contribution in [-0.4, -0.2) is 22.0 Å². The molecular formula is C12H14F2N4O. The first-order chi connectivity index (χ1) is 9.10. The third-order valence-corrected chi connectivity index (χ3v) is 2.45. The largest absolute Gasteiger partial charge is 0.481 e. The molecule has 2 aromatic rings. The number of aromatic nitrogens is 3. The molecule has 0 saturated carbocycles. The van der Waals surface area contributed by atoms with E-state index in [2.05, 4.69) is 15.6 Å². The average molecular weight is 268 g/mol. The van der Waals surface area contributed by atoms with Gasteiger partial charge in [0.1, 0.15) is 12.3 Å². The standard InChI is InChI=1S/C12H14F2N4O/c1-15-5-8-3-10(13)12(11(14)4-8)19-7-9-6-18(2)17-16-9/h3-4,6,15H,5,7H2,1-2H3. The van der Waals surface area contributed by atoms with Crippen LogP contribution in [0.25, 0.3) is 0 Å². The van der Waals surface area contributed by atoms with Gasteiger partial charge >= 0.3 is 0 Å². The molecule has 0 spiro atoms. The summed E-state index contributed by atoms with van der Waals surface area (Å²) >= 11 is 0. The molecule has 0 aliphatic rings. The molecule has 102 valence electrons. The number of benzene rings is 1. The van der Waals surface area contributed by atoms with Crippen molar-refractivity contribution in [3.8, 4) is 5.75 Å². The molecule has 0 bridgehead atoms. The highest BCUT2D eigenvalue weighted by molar-refractivity contribution is 5.31. The van der Waals surface area contributed by atoms with Crippen LogP contribution >= 0.6 is 0 Å². The molecule has 19 heavy (non-hydrogen) atoms. The molecule has 1 aromatic heterocycles. The third kappa shape index (κ3) is 3.25. The molecule has 0 aliphatic carbocycles. The van der Waals surface area contributed by atoms with E-state index in [9.17, 15) is 8.78 Å². The van der Waals surface area contributed by atoms with Crippen molar-refractivity contribution in [1.82, 2.24) is 20.3 Å². The fraction of sp³-hybridized carbons (Fsp3) is 0.333. The van der Waals surface area contributed by atoms with E-state index in [0.717, 1.165) is 0 Å². The van der Waals surface area contributed by atoms with Crippen molar-refractivity contribution in [3.05, 3.63) is 41.2 Å². The Labute approximate surface area is 109 Å². The summed E-state index contributed by atoms with van der Waals surface area (Å²) in [5.74, 6) is -1.85. The topological polar surface area (TPSA) is 52.0 Å². The van der Waals surface area contributed by atoms with Crippen LogP contribution in [-0.2, 0) is 20.2 Å². The maximum Gasteiger partial charge on any atom is 0.191 e. The Kier molecular flexibility index (Phi) is 4.06. The van der Waals surface area contributed by atoms with Crippen LogP contribution in [0.2, 0.25) is 0 Å². The van der Waals surface area contributed by atoms with Gasteiger partial charge in [0.25, 0.3) is 0 Å². The predicted molar refractivity (Wildman–Crippen MR) is 64.5 cm³/mol. The average Bonchev–Trinajstić information content (AvgIpc) is 2.74. The number of rotatable bonds is 5. The lowest BCUT2D eigenvalue weighted by atomic mass is 10.2. The van der Waals surface area contributed by atoms with Gasteiger partial charge in [0, 0.05) is 13.6 Å². The summed E-state index contributed by atoms with van der Waals surface area (Å²) in [7, 11) is 3.40. The second kappa shape index (κ2) is 5.75. The minimum Gasteiger partial charge on any atom is -0.481 e. The van der Waals surface area contributed by atoms with E-state index in [1.54, 1.807) is 20.3 Å². The van der Waals surface area contributed by atoms with E-state index in [0.29, 0.717) is 17.8 Å². The van der Waals surface area contributed by atoms with E-state index in [4.69, 9.17) is 4.74 Å². The van der Waals surface area contributed by atoms with Gasteiger partial charge < -0.3 is 10.1 Å². The van der Waals surface area contributed by atoms with Gasteiger partial charge in [-0.2, -0.15) is 0 Å². The zero-order valence-electron chi connectivity index (χ0n) is 10.7. The molecule has 5 nitrogen and oxygen atoms in total.